The number of carboxylic acid groups (broad SMARTS) is 2. The van der Waals surface area contributed by atoms with Crippen LogP contribution in [0.25, 0.3) is 44.1 Å². The van der Waals surface area contributed by atoms with Crippen LogP contribution in [0.15, 0.2) is 150 Å². The van der Waals surface area contributed by atoms with Gasteiger partial charge in [-0.1, -0.05) is 35.7 Å². The summed E-state index contributed by atoms with van der Waals surface area (Å²) >= 11 is 4.62. The van der Waals surface area contributed by atoms with Crippen molar-refractivity contribution in [3.63, 3.8) is 0 Å². The van der Waals surface area contributed by atoms with Crippen molar-refractivity contribution in [3.8, 4) is 22.3 Å². The molecular formula is C44H38N4O8S5. The standard InChI is InChI=1S/C22H19N3O4S2.C22H19NO4S3/c1-14-22(30-17-4-6-18(7-5-17)31(2,28)29)19-9-15(16-10-23-13-24-11-16)3-8-20(19)25(14)12-21(26)27;1-14-22(29-17-4-6-18(7-5-17)30(2,26)27)19-11-15(16-9-10-28-13-16)3-8-20(19)23(14)12-21(24)25/h3-11,13H,12H2,1-2H3,(H,26,27);3-11,13H,12H2,1-2H3,(H,24,25). The second-order valence-corrected chi connectivity index (χ2v) is 21.1. The fourth-order valence-corrected chi connectivity index (χ4v) is 10.8. The van der Waals surface area contributed by atoms with Gasteiger partial charge in [0.1, 0.15) is 19.4 Å². The summed E-state index contributed by atoms with van der Waals surface area (Å²) in [4.78, 5) is 35.2. The lowest BCUT2D eigenvalue weighted by atomic mass is 10.1. The van der Waals surface area contributed by atoms with Gasteiger partial charge in [-0.05, 0) is 120 Å². The number of hydrogen-bond donors (Lipinski definition) is 2. The van der Waals surface area contributed by atoms with Crippen LogP contribution >= 0.6 is 34.9 Å². The van der Waals surface area contributed by atoms with Gasteiger partial charge in [0, 0.05) is 83.2 Å². The molecular weight excluding hydrogens is 873 g/mol. The van der Waals surface area contributed by atoms with Crippen LogP contribution in [0.5, 0.6) is 0 Å². The number of carboxylic acids is 2. The van der Waals surface area contributed by atoms with Gasteiger partial charge in [-0.15, -0.1) is 0 Å². The second-order valence-electron chi connectivity index (χ2n) is 14.1. The average molecular weight is 911 g/mol. The maximum atomic E-state index is 11.7. The summed E-state index contributed by atoms with van der Waals surface area (Å²) < 4.78 is 50.5. The number of benzene rings is 4. The molecule has 8 aromatic rings. The number of carbonyl (C=O) groups is 2. The van der Waals surface area contributed by atoms with Crippen molar-refractivity contribution in [2.24, 2.45) is 0 Å². The van der Waals surface area contributed by atoms with Crippen molar-refractivity contribution in [3.05, 3.63) is 132 Å². The number of hydrogen-bond acceptors (Lipinski definition) is 11. The minimum absolute atomic E-state index is 0.117. The first-order valence-corrected chi connectivity index (χ1v) is 24.8. The molecule has 12 nitrogen and oxygen atoms in total. The molecule has 0 spiro atoms. The van der Waals surface area contributed by atoms with Crippen LogP contribution in [0.1, 0.15) is 11.4 Å². The van der Waals surface area contributed by atoms with Crippen molar-refractivity contribution in [1.82, 2.24) is 19.1 Å². The van der Waals surface area contributed by atoms with E-state index in [1.165, 1.54) is 42.4 Å². The lowest BCUT2D eigenvalue weighted by molar-refractivity contribution is -0.138. The molecule has 0 aliphatic heterocycles. The van der Waals surface area contributed by atoms with E-state index in [-0.39, 0.29) is 22.9 Å². The molecule has 0 atom stereocenters. The van der Waals surface area contributed by atoms with Gasteiger partial charge >= 0.3 is 11.9 Å². The predicted molar refractivity (Wildman–Crippen MR) is 240 cm³/mol. The van der Waals surface area contributed by atoms with Gasteiger partial charge in [0.15, 0.2) is 19.7 Å². The van der Waals surface area contributed by atoms with Crippen LogP contribution in [0.4, 0.5) is 0 Å². The monoisotopic (exact) mass is 910 g/mol. The lowest BCUT2D eigenvalue weighted by Crippen LogP contribution is -2.09. The Balaban J connectivity index is 0.000000184. The van der Waals surface area contributed by atoms with Crippen molar-refractivity contribution < 1.29 is 36.6 Å². The van der Waals surface area contributed by atoms with Gasteiger partial charge in [-0.25, -0.2) is 26.8 Å². The Morgan fingerprint density at radius 2 is 1.03 bits per heavy atom. The molecule has 4 aromatic carbocycles. The second kappa shape index (κ2) is 17.7. The Labute approximate surface area is 364 Å². The van der Waals surface area contributed by atoms with E-state index < -0.39 is 31.6 Å². The van der Waals surface area contributed by atoms with E-state index in [2.05, 4.69) is 27.5 Å². The van der Waals surface area contributed by atoms with Gasteiger partial charge in [0.25, 0.3) is 0 Å². The van der Waals surface area contributed by atoms with Gasteiger partial charge in [0.2, 0.25) is 0 Å². The van der Waals surface area contributed by atoms with Crippen molar-refractivity contribution in [2.75, 3.05) is 12.5 Å². The maximum absolute atomic E-state index is 11.7. The Hall–Kier alpha value is -5.72. The first-order valence-electron chi connectivity index (χ1n) is 18.4. The number of fused-ring (bicyclic) bond motifs is 2. The maximum Gasteiger partial charge on any atom is 0.323 e. The zero-order valence-corrected chi connectivity index (χ0v) is 37.2. The molecule has 61 heavy (non-hydrogen) atoms. The zero-order valence-electron chi connectivity index (χ0n) is 33.1. The van der Waals surface area contributed by atoms with Crippen LogP contribution in [0.2, 0.25) is 0 Å². The summed E-state index contributed by atoms with van der Waals surface area (Å²) in [7, 11) is -6.52. The van der Waals surface area contributed by atoms with Gasteiger partial charge in [-0.3, -0.25) is 9.59 Å². The molecule has 17 heteroatoms. The number of rotatable bonds is 12. The lowest BCUT2D eigenvalue weighted by Gasteiger charge is -2.06. The molecule has 0 amide bonds. The highest BCUT2D eigenvalue weighted by Gasteiger charge is 2.20. The predicted octanol–water partition coefficient (Wildman–Crippen LogP) is 9.36. The fourth-order valence-electron chi connectivity index (χ4n) is 6.82. The SMILES string of the molecule is Cc1c(Sc2ccc(S(C)(=O)=O)cc2)c2cc(-c3ccsc3)ccc2n1CC(=O)O.Cc1c(Sc2ccc(S(C)(=O)=O)cc2)c2cc(-c3cncnc3)ccc2n1CC(=O)O. The molecule has 2 N–H and O–H groups in total. The molecule has 8 rings (SSSR count). The molecule has 0 saturated heterocycles. The summed E-state index contributed by atoms with van der Waals surface area (Å²) in [5, 5.41) is 24.8. The largest absolute Gasteiger partial charge is 0.480 e. The van der Waals surface area contributed by atoms with E-state index in [4.69, 9.17) is 0 Å². The minimum atomic E-state index is -3.27. The minimum Gasteiger partial charge on any atom is -0.480 e. The van der Waals surface area contributed by atoms with E-state index in [1.54, 1.807) is 76.8 Å². The average Bonchev–Trinajstić information content (AvgIpc) is 3.92. The Kier molecular flexibility index (Phi) is 12.6. The highest BCUT2D eigenvalue weighted by atomic mass is 32.2. The molecule has 312 valence electrons. The summed E-state index contributed by atoms with van der Waals surface area (Å²) in [5.41, 5.74) is 7.36. The van der Waals surface area contributed by atoms with Crippen LogP contribution in [0.3, 0.4) is 0 Å². The Bertz CT molecular complexity index is 3150. The number of nitrogens with zero attached hydrogens (tertiary/aromatic N) is 4. The molecule has 0 saturated carbocycles. The number of sulfone groups is 2. The highest BCUT2D eigenvalue weighted by molar-refractivity contribution is 8.00. The smallest absolute Gasteiger partial charge is 0.323 e. The quantitative estimate of drug-likeness (QED) is 0.119. The van der Waals surface area contributed by atoms with Gasteiger partial charge in [-0.2, -0.15) is 11.3 Å². The van der Waals surface area contributed by atoms with E-state index >= 15 is 0 Å². The van der Waals surface area contributed by atoms with E-state index in [9.17, 15) is 36.6 Å². The third-order valence-corrected chi connectivity index (χ3v) is 15.2. The first-order chi connectivity index (χ1) is 29.0. The van der Waals surface area contributed by atoms with Gasteiger partial charge in [0.05, 0.1) is 9.79 Å². The number of aromatic nitrogens is 4. The van der Waals surface area contributed by atoms with Crippen molar-refractivity contribution in [2.45, 2.75) is 56.3 Å². The third kappa shape index (κ3) is 9.76. The fraction of sp³-hybridized carbons (Fsp3) is 0.136. The van der Waals surface area contributed by atoms with E-state index in [1.807, 2.05) is 54.1 Å². The Morgan fingerprint density at radius 1 is 0.607 bits per heavy atom. The zero-order chi connectivity index (χ0) is 43.6. The van der Waals surface area contributed by atoms with Crippen LogP contribution in [-0.4, -0.2) is 70.6 Å². The van der Waals surface area contributed by atoms with Crippen LogP contribution < -0.4 is 0 Å². The number of thiophene rings is 1. The Morgan fingerprint density at radius 3 is 1.41 bits per heavy atom. The summed E-state index contributed by atoms with van der Waals surface area (Å²) in [6.45, 7) is 3.54. The highest BCUT2D eigenvalue weighted by Crippen LogP contribution is 2.42. The molecule has 4 aromatic heterocycles. The van der Waals surface area contributed by atoms with E-state index in [0.717, 1.165) is 75.0 Å². The number of aliphatic carboxylic acids is 2. The summed E-state index contributed by atoms with van der Waals surface area (Å²) in [6.07, 6.45) is 7.29. The molecule has 0 radical (unpaired) electrons. The molecule has 0 fully saturated rings. The van der Waals surface area contributed by atoms with Crippen molar-refractivity contribution in [1.29, 1.82) is 0 Å². The van der Waals surface area contributed by atoms with Crippen molar-refractivity contribution >= 4 is 88.3 Å². The summed E-state index contributed by atoms with van der Waals surface area (Å²) in [6, 6.07) is 27.4. The topological polar surface area (TPSA) is 179 Å². The molecule has 0 aliphatic carbocycles. The van der Waals surface area contributed by atoms with Crippen LogP contribution in [-0.2, 0) is 42.4 Å². The molecule has 0 unspecified atom stereocenters. The first kappa shape index (κ1) is 43.4. The molecule has 0 bridgehead atoms. The third-order valence-electron chi connectivity index (χ3n) is 9.81. The molecule has 4 heterocycles. The van der Waals surface area contributed by atoms with Crippen LogP contribution in [0, 0.1) is 13.8 Å². The molecule has 0 aliphatic rings. The summed E-state index contributed by atoms with van der Waals surface area (Å²) in [5.74, 6) is -1.82. The van der Waals surface area contributed by atoms with Gasteiger partial charge < -0.3 is 19.3 Å². The normalized spacial score (nSPS) is 11.7. The van der Waals surface area contributed by atoms with E-state index in [0.29, 0.717) is 0 Å².